The third-order valence-electron chi connectivity index (χ3n) is 8.34. The molecule has 1 saturated carbocycles. The number of nitrogens with zero attached hydrogens (tertiary/aromatic N) is 4. The van der Waals surface area contributed by atoms with Crippen LogP contribution in [0.4, 0.5) is 13.2 Å². The summed E-state index contributed by atoms with van der Waals surface area (Å²) in [5.41, 5.74) is 1.78. The fourth-order valence-corrected chi connectivity index (χ4v) is 8.27. The molecule has 1 N–H and O–H groups in total. The van der Waals surface area contributed by atoms with Gasteiger partial charge < -0.3 is 9.47 Å². The smallest absolute Gasteiger partial charge is 0.493 e. The molecule has 1 unspecified atom stereocenters. The van der Waals surface area contributed by atoms with Crippen LogP contribution in [-0.4, -0.2) is 64.7 Å². The van der Waals surface area contributed by atoms with Crippen molar-refractivity contribution < 1.29 is 31.1 Å². The minimum absolute atomic E-state index is 0.00163. The summed E-state index contributed by atoms with van der Waals surface area (Å²) in [7, 11) is -3.44. The number of aromatic amines is 1. The maximum absolute atomic E-state index is 13.4. The topological polar surface area (TPSA) is 110 Å². The molecular formula is C29H32F3N5O4S. The number of ether oxygens (including phenoxy) is 2. The first-order valence-electron chi connectivity index (χ1n) is 14.2. The average molecular weight is 604 g/mol. The second-order valence-corrected chi connectivity index (χ2v) is 13.3. The quantitative estimate of drug-likeness (QED) is 0.271. The van der Waals surface area contributed by atoms with Crippen molar-refractivity contribution >= 4 is 31.8 Å². The summed E-state index contributed by atoms with van der Waals surface area (Å²) in [4.78, 5) is 8.75. The Kier molecular flexibility index (Phi) is 7.97. The van der Waals surface area contributed by atoms with Gasteiger partial charge in [0.1, 0.15) is 11.5 Å². The Labute approximate surface area is 241 Å². The lowest BCUT2D eigenvalue weighted by Crippen LogP contribution is -2.43. The Morgan fingerprint density at radius 3 is 2.48 bits per heavy atom. The maximum atomic E-state index is 13.4. The number of piperidine rings is 1. The van der Waals surface area contributed by atoms with Crippen molar-refractivity contribution in [1.82, 2.24) is 24.5 Å². The lowest BCUT2D eigenvalue weighted by atomic mass is 9.80. The summed E-state index contributed by atoms with van der Waals surface area (Å²) < 4.78 is 75.2. The summed E-state index contributed by atoms with van der Waals surface area (Å²) in [6.07, 6.45) is 5.52. The normalized spacial score (nSPS) is 22.4. The Hall–Kier alpha value is -3.45. The Bertz CT molecular complexity index is 1640. The van der Waals surface area contributed by atoms with Crippen LogP contribution in [0, 0.1) is 11.8 Å². The number of H-pyrrole nitrogens is 1. The second-order valence-electron chi connectivity index (χ2n) is 11.2. The van der Waals surface area contributed by atoms with Gasteiger partial charge in [0.25, 0.3) is 0 Å². The van der Waals surface area contributed by atoms with Crippen molar-refractivity contribution in [2.75, 3.05) is 25.4 Å². The zero-order valence-corrected chi connectivity index (χ0v) is 23.7. The number of hydrogen-bond donors (Lipinski definition) is 1. The second kappa shape index (κ2) is 11.7. The van der Waals surface area contributed by atoms with Gasteiger partial charge >= 0.3 is 6.36 Å². The van der Waals surface area contributed by atoms with Gasteiger partial charge in [0.15, 0.2) is 5.65 Å². The third kappa shape index (κ3) is 6.46. The molecule has 0 bridgehead atoms. The molecule has 1 aliphatic heterocycles. The fourth-order valence-electron chi connectivity index (χ4n) is 6.28. The molecule has 224 valence electrons. The van der Waals surface area contributed by atoms with E-state index in [1.807, 2.05) is 6.07 Å². The highest BCUT2D eigenvalue weighted by Crippen LogP contribution is 2.39. The summed E-state index contributed by atoms with van der Waals surface area (Å²) in [6.45, 7) is 1.15. The zero-order valence-electron chi connectivity index (χ0n) is 22.9. The van der Waals surface area contributed by atoms with E-state index in [0.717, 1.165) is 60.4 Å². The molecule has 1 aromatic carbocycles. The van der Waals surface area contributed by atoms with Crippen LogP contribution in [0.5, 0.6) is 11.5 Å². The van der Waals surface area contributed by atoms with Crippen LogP contribution < -0.4 is 9.47 Å². The standard InChI is InChI=1S/C29H32F3N5O4S/c30-29(31,32)41-24-9-7-23(8-10-24)40-17-20-2-1-13-37(16-20)42(38,39)18-19-3-5-21(6-4-19)27-26-22(15-35-36-27)14-34-28-25(26)11-12-33-28/h7-12,14-15,19-21,36H,1-6,13,16-18H2. The van der Waals surface area contributed by atoms with Crippen molar-refractivity contribution in [2.45, 2.75) is 50.8 Å². The largest absolute Gasteiger partial charge is 0.573 e. The van der Waals surface area contributed by atoms with Gasteiger partial charge in [-0.05, 0) is 74.8 Å². The Balaban J connectivity index is 1.03. The Morgan fingerprint density at radius 2 is 1.71 bits per heavy atom. The lowest BCUT2D eigenvalue weighted by Gasteiger charge is -2.34. The molecule has 0 radical (unpaired) electrons. The van der Waals surface area contributed by atoms with E-state index in [-0.39, 0.29) is 35.9 Å². The number of halogens is 3. The van der Waals surface area contributed by atoms with E-state index in [4.69, 9.17) is 4.74 Å². The summed E-state index contributed by atoms with van der Waals surface area (Å²) in [6, 6.07) is 7.19. The van der Waals surface area contributed by atoms with Gasteiger partial charge in [0.05, 0.1) is 18.6 Å². The molecule has 13 heteroatoms. The number of pyridine rings is 1. The van der Waals surface area contributed by atoms with Crippen LogP contribution in [0.2, 0.25) is 0 Å². The molecule has 1 atom stereocenters. The molecule has 1 aliphatic carbocycles. The van der Waals surface area contributed by atoms with Gasteiger partial charge in [-0.1, -0.05) is 0 Å². The molecule has 9 nitrogen and oxygen atoms in total. The van der Waals surface area contributed by atoms with Crippen LogP contribution in [-0.2, 0) is 10.0 Å². The molecule has 2 fully saturated rings. The summed E-state index contributed by atoms with van der Waals surface area (Å²) in [5, 5.41) is 10.6. The lowest BCUT2D eigenvalue weighted by molar-refractivity contribution is -0.274. The predicted molar refractivity (Wildman–Crippen MR) is 151 cm³/mol. The molecule has 4 heterocycles. The number of hydrogen-bond acceptors (Lipinski definition) is 7. The number of nitrogens with one attached hydrogen (secondary N) is 1. The number of benzene rings is 1. The molecule has 4 aromatic rings. The highest BCUT2D eigenvalue weighted by atomic mass is 32.2. The number of aromatic nitrogens is 4. The number of alkyl halides is 3. The SMILES string of the molecule is O=S(=O)(CC1CCC(c2[nH]ncc3cnc4nccc4c23)CC1)N1CCCC(COc2ccc(OC(F)(F)F)cc2)C1. The van der Waals surface area contributed by atoms with Crippen molar-refractivity contribution in [3.8, 4) is 11.5 Å². The van der Waals surface area contributed by atoms with Crippen LogP contribution in [0.1, 0.15) is 50.1 Å². The molecule has 0 amide bonds. The van der Waals surface area contributed by atoms with E-state index in [0.29, 0.717) is 24.5 Å². The zero-order chi connectivity index (χ0) is 29.3. The number of rotatable bonds is 8. The van der Waals surface area contributed by atoms with E-state index in [1.54, 1.807) is 22.9 Å². The molecule has 0 spiro atoms. The van der Waals surface area contributed by atoms with E-state index in [1.165, 1.54) is 24.3 Å². The molecule has 2 aliphatic rings. The van der Waals surface area contributed by atoms with Crippen LogP contribution in [0.3, 0.4) is 0 Å². The first-order valence-corrected chi connectivity index (χ1v) is 15.8. The summed E-state index contributed by atoms with van der Waals surface area (Å²) in [5.74, 6) is 0.566. The molecular weight excluding hydrogens is 571 g/mol. The van der Waals surface area contributed by atoms with Crippen LogP contribution in [0.25, 0.3) is 21.8 Å². The maximum Gasteiger partial charge on any atom is 0.573 e. The van der Waals surface area contributed by atoms with Crippen molar-refractivity contribution in [2.24, 2.45) is 11.8 Å². The monoisotopic (exact) mass is 603 g/mol. The van der Waals surface area contributed by atoms with E-state index >= 15 is 0 Å². The average Bonchev–Trinajstić information content (AvgIpc) is 3.46. The molecule has 42 heavy (non-hydrogen) atoms. The van der Waals surface area contributed by atoms with Crippen molar-refractivity contribution in [3.63, 3.8) is 0 Å². The van der Waals surface area contributed by atoms with Gasteiger partial charge in [0, 0.05) is 59.2 Å². The number of fused-ring (bicyclic) bond motifs is 3. The summed E-state index contributed by atoms with van der Waals surface area (Å²) >= 11 is 0. The van der Waals surface area contributed by atoms with Crippen LogP contribution >= 0.6 is 0 Å². The van der Waals surface area contributed by atoms with Crippen molar-refractivity contribution in [3.05, 3.63) is 54.6 Å². The fraction of sp³-hybridized carbons (Fsp3) is 0.483. The van der Waals surface area contributed by atoms with Gasteiger partial charge in [0.2, 0.25) is 10.0 Å². The highest BCUT2D eigenvalue weighted by Gasteiger charge is 2.34. The number of sulfonamides is 1. The van der Waals surface area contributed by atoms with Gasteiger partial charge in [-0.3, -0.25) is 5.10 Å². The first-order chi connectivity index (χ1) is 20.1. The molecule has 3 aromatic heterocycles. The molecule has 1 saturated heterocycles. The minimum atomic E-state index is -4.75. The van der Waals surface area contributed by atoms with Gasteiger partial charge in [-0.25, -0.2) is 22.7 Å². The van der Waals surface area contributed by atoms with Crippen LogP contribution in [0.15, 0.2) is 48.9 Å². The highest BCUT2D eigenvalue weighted by molar-refractivity contribution is 7.89. The Morgan fingerprint density at radius 1 is 0.952 bits per heavy atom. The van der Waals surface area contributed by atoms with E-state index in [9.17, 15) is 21.6 Å². The van der Waals surface area contributed by atoms with Crippen molar-refractivity contribution in [1.29, 1.82) is 0 Å². The molecule has 6 rings (SSSR count). The third-order valence-corrected chi connectivity index (χ3v) is 10.4. The van der Waals surface area contributed by atoms with Gasteiger partial charge in [-0.15, -0.1) is 13.2 Å². The van der Waals surface area contributed by atoms with E-state index in [2.05, 4.69) is 24.9 Å². The van der Waals surface area contributed by atoms with E-state index < -0.39 is 16.4 Å². The minimum Gasteiger partial charge on any atom is -0.493 e. The predicted octanol–water partition coefficient (Wildman–Crippen LogP) is 5.80. The first kappa shape index (κ1) is 28.7. The van der Waals surface area contributed by atoms with Gasteiger partial charge in [-0.2, -0.15) is 5.10 Å².